The zero-order valence-corrected chi connectivity index (χ0v) is 33.2. The number of fused-ring (bicyclic) bond motifs is 2. The molecule has 2 heterocycles. The Bertz CT molecular complexity index is 2670. The molecule has 2 atom stereocenters. The van der Waals surface area contributed by atoms with E-state index in [9.17, 15) is 63.7 Å². The second-order valence-electron chi connectivity index (χ2n) is 13.9. The van der Waals surface area contributed by atoms with Crippen LogP contribution in [0.5, 0.6) is 0 Å². The minimum absolute atomic E-state index is 0. The first-order valence-corrected chi connectivity index (χ1v) is 18.5. The normalized spacial score (nSPS) is 13.2. The van der Waals surface area contributed by atoms with Crippen molar-refractivity contribution in [2.45, 2.75) is 64.2 Å². The molecule has 0 aliphatic heterocycles. The van der Waals surface area contributed by atoms with Crippen LogP contribution < -0.4 is 0 Å². The molecule has 6 aromatic rings. The number of benzene rings is 4. The number of nitrogens with one attached hydrogen (secondary N) is 1. The highest BCUT2D eigenvalue weighted by Crippen LogP contribution is 2.38. The Morgan fingerprint density at radius 1 is 0.694 bits per heavy atom. The van der Waals surface area contributed by atoms with Crippen LogP contribution in [0.2, 0.25) is 0 Å². The molecule has 0 fully saturated rings. The number of ketones is 2. The number of rotatable bonds is 9. The lowest BCUT2D eigenvalue weighted by molar-refractivity contribution is -0.138. The summed E-state index contributed by atoms with van der Waals surface area (Å²) in [5.41, 5.74) is -6.07. The van der Waals surface area contributed by atoms with Crippen molar-refractivity contribution in [3.8, 4) is 0 Å². The van der Waals surface area contributed by atoms with Gasteiger partial charge in [-0.15, -0.1) is 0 Å². The lowest BCUT2D eigenvalue weighted by atomic mass is 9.94. The first-order chi connectivity index (χ1) is 28.3. The van der Waals surface area contributed by atoms with Gasteiger partial charge in [-0.3, -0.25) is 9.59 Å². The molecule has 19 heteroatoms. The molecule has 328 valence electrons. The van der Waals surface area contributed by atoms with E-state index in [4.69, 9.17) is 13.1 Å². The predicted molar refractivity (Wildman–Crippen MR) is 215 cm³/mol. The van der Waals surface area contributed by atoms with Crippen molar-refractivity contribution in [1.82, 2.24) is 9.55 Å². The Morgan fingerprint density at radius 2 is 1.16 bits per heavy atom. The van der Waals surface area contributed by atoms with Gasteiger partial charge in [0.2, 0.25) is 0 Å². The molecule has 0 saturated carbocycles. The average molecular weight is 942 g/mol. The summed E-state index contributed by atoms with van der Waals surface area (Å²) in [6.45, 7) is 15.6. The number of aliphatic hydroxyl groups is 2. The van der Waals surface area contributed by atoms with E-state index in [-0.39, 0.29) is 47.8 Å². The van der Waals surface area contributed by atoms with E-state index in [0.29, 0.717) is 17.0 Å². The fraction of sp³-hybridized carbons (Fsp3) is 0.256. The molecule has 0 bridgehead atoms. The van der Waals surface area contributed by atoms with E-state index in [1.165, 1.54) is 61.0 Å². The zero-order valence-electron chi connectivity index (χ0n) is 31.6. The van der Waals surface area contributed by atoms with Crippen LogP contribution in [-0.4, -0.2) is 47.9 Å². The van der Waals surface area contributed by atoms with Gasteiger partial charge < -0.3 is 19.8 Å². The lowest BCUT2D eigenvalue weighted by Gasteiger charge is -2.23. The van der Waals surface area contributed by atoms with Crippen molar-refractivity contribution in [2.75, 3.05) is 5.33 Å². The standard InChI is InChI=1S/C21H15F5N2O2.C13H11BrF3NO2.C8H5F2N.CH4/c1-20(30,11-28-10-16(23)14-9-13(22)4-6-18(14)28)19(29)8-12-3-5-17(27-2)15(7-12)21(24,25)26;1-12(20,7-14)11(19)6-8-3-4-10(18-2)9(5-8)13(15,16)17;9-5-1-2-8-6(3-5)7(10)4-11-8;/h3-7,9-10,30H,8,11H2,1H3;3-5,20H,6-7H2,1H3;1-4,11H;1H4/t20-;12-;;/m00../s1. The largest absolute Gasteiger partial charge is 0.407 e. The van der Waals surface area contributed by atoms with Crippen molar-refractivity contribution in [3.63, 3.8) is 0 Å². The van der Waals surface area contributed by atoms with Gasteiger partial charge in [0.25, 0.3) is 0 Å². The SMILES string of the molecule is C.Fc1ccc2[nH]cc(F)c2c1.[C-]#[N+]c1ccc(CC(=O)[C@@](C)(O)CBr)cc1C(F)(F)F.[C-]#[N+]c1ccc(CC(=O)[C@@](C)(O)Cn2cc(F)c3cc(F)ccc32)cc1C(F)(F)F. The van der Waals surface area contributed by atoms with Gasteiger partial charge in [0, 0.05) is 46.9 Å². The van der Waals surface area contributed by atoms with Gasteiger partial charge in [0.05, 0.1) is 36.3 Å². The second-order valence-corrected chi connectivity index (χ2v) is 14.5. The molecule has 4 aromatic carbocycles. The highest BCUT2D eigenvalue weighted by Gasteiger charge is 2.36. The molecule has 0 aliphatic rings. The number of nitrogens with zero attached hydrogens (tertiary/aromatic N) is 3. The third kappa shape index (κ3) is 12.3. The van der Waals surface area contributed by atoms with E-state index in [1.54, 1.807) is 0 Å². The summed E-state index contributed by atoms with van der Waals surface area (Å²) in [5.74, 6) is -3.62. The number of hydrogen-bond acceptors (Lipinski definition) is 4. The third-order valence-corrected chi connectivity index (χ3v) is 10.1. The van der Waals surface area contributed by atoms with Crippen LogP contribution in [0.4, 0.5) is 55.3 Å². The predicted octanol–water partition coefficient (Wildman–Crippen LogP) is 11.6. The minimum Gasteiger partial charge on any atom is -0.381 e. The van der Waals surface area contributed by atoms with Gasteiger partial charge in [-0.25, -0.2) is 27.3 Å². The first kappa shape index (κ1) is 50.3. The van der Waals surface area contributed by atoms with Gasteiger partial charge in [-0.1, -0.05) is 59.8 Å². The van der Waals surface area contributed by atoms with Gasteiger partial charge in [-0.05, 0) is 61.4 Å². The van der Waals surface area contributed by atoms with Gasteiger partial charge in [0.15, 0.2) is 22.9 Å². The summed E-state index contributed by atoms with van der Waals surface area (Å²) in [5, 5.41) is 20.6. The van der Waals surface area contributed by atoms with E-state index in [2.05, 4.69) is 30.6 Å². The van der Waals surface area contributed by atoms with Gasteiger partial charge in [-0.2, -0.15) is 26.3 Å². The molecule has 0 spiro atoms. The number of Topliss-reactive ketones (excluding diaryl/α,β-unsaturated/α-hetero) is 2. The number of hydrogen-bond donors (Lipinski definition) is 3. The second kappa shape index (κ2) is 19.8. The fourth-order valence-electron chi connectivity index (χ4n) is 5.70. The minimum atomic E-state index is -4.77. The number of carbonyl (C=O) groups excluding carboxylic acids is 2. The Kier molecular flexibility index (Phi) is 16.1. The molecule has 0 unspecified atom stereocenters. The summed E-state index contributed by atoms with van der Waals surface area (Å²) >= 11 is 2.96. The number of H-pyrrole nitrogens is 1. The number of alkyl halides is 7. The lowest BCUT2D eigenvalue weighted by Crippen LogP contribution is -2.40. The molecule has 0 radical (unpaired) electrons. The Labute approximate surface area is 356 Å². The molecular weight excluding hydrogens is 906 g/mol. The molecule has 2 aromatic heterocycles. The van der Waals surface area contributed by atoms with E-state index < -0.39 is 87.3 Å². The molecule has 8 nitrogen and oxygen atoms in total. The molecule has 0 saturated heterocycles. The molecule has 62 heavy (non-hydrogen) atoms. The molecule has 3 N–H and O–H groups in total. The first-order valence-electron chi connectivity index (χ1n) is 17.4. The van der Waals surface area contributed by atoms with Crippen molar-refractivity contribution in [2.24, 2.45) is 0 Å². The number of carbonyl (C=O) groups is 2. The molecule has 0 aliphatic carbocycles. The number of halogens is 11. The summed E-state index contributed by atoms with van der Waals surface area (Å²) in [7, 11) is 0. The van der Waals surface area contributed by atoms with Crippen LogP contribution in [0.15, 0.2) is 85.2 Å². The molecular formula is C43H35BrF10N4O4. The van der Waals surface area contributed by atoms with Gasteiger partial charge in [0.1, 0.15) is 34.5 Å². The number of aromatic amines is 1. The molecule has 0 amide bonds. The van der Waals surface area contributed by atoms with E-state index >= 15 is 0 Å². The average Bonchev–Trinajstić information content (AvgIpc) is 3.70. The van der Waals surface area contributed by atoms with E-state index in [1.807, 2.05) is 0 Å². The van der Waals surface area contributed by atoms with Gasteiger partial charge >= 0.3 is 12.4 Å². The quantitative estimate of drug-likeness (QED) is 0.0763. The van der Waals surface area contributed by atoms with E-state index in [0.717, 1.165) is 36.5 Å². The van der Waals surface area contributed by atoms with Crippen molar-refractivity contribution < 1.29 is 63.7 Å². The highest BCUT2D eigenvalue weighted by molar-refractivity contribution is 9.09. The van der Waals surface area contributed by atoms with Crippen LogP contribution in [0.3, 0.4) is 0 Å². The van der Waals surface area contributed by atoms with Crippen LogP contribution in [0, 0.1) is 36.4 Å². The smallest absolute Gasteiger partial charge is 0.381 e. The maximum Gasteiger partial charge on any atom is 0.407 e. The zero-order chi connectivity index (χ0) is 45.7. The maximum atomic E-state index is 14.1. The van der Waals surface area contributed by atoms with Crippen LogP contribution in [0.25, 0.3) is 31.5 Å². The fourth-order valence-corrected chi connectivity index (χ4v) is 6.01. The van der Waals surface area contributed by atoms with Crippen LogP contribution >= 0.6 is 15.9 Å². The highest BCUT2D eigenvalue weighted by atomic mass is 79.9. The Balaban J connectivity index is 0.000000274. The third-order valence-electron chi connectivity index (χ3n) is 9.03. The summed E-state index contributed by atoms with van der Waals surface area (Å²) in [4.78, 5) is 32.7. The number of aromatic nitrogens is 2. The topological polar surface area (TPSA) is 104 Å². The van der Waals surface area contributed by atoms with Crippen molar-refractivity contribution >= 4 is 60.7 Å². The van der Waals surface area contributed by atoms with Crippen LogP contribution in [0.1, 0.15) is 43.5 Å². The van der Waals surface area contributed by atoms with Crippen molar-refractivity contribution in [1.29, 1.82) is 0 Å². The monoisotopic (exact) mass is 940 g/mol. The summed E-state index contributed by atoms with van der Waals surface area (Å²) < 4.78 is 131. The summed E-state index contributed by atoms with van der Waals surface area (Å²) in [6.07, 6.45) is -8.05. The Morgan fingerprint density at radius 3 is 1.63 bits per heavy atom. The van der Waals surface area contributed by atoms with Crippen LogP contribution in [-0.2, 0) is 41.3 Å². The maximum absolute atomic E-state index is 14.1. The Hall–Kier alpha value is -6.02. The summed E-state index contributed by atoms with van der Waals surface area (Å²) in [6, 6.07) is 13.3. The molecule has 6 rings (SSSR count). The van der Waals surface area contributed by atoms with Crippen molar-refractivity contribution in [3.05, 3.63) is 154 Å².